The van der Waals surface area contributed by atoms with E-state index in [0.29, 0.717) is 12.4 Å². The van der Waals surface area contributed by atoms with Crippen molar-refractivity contribution < 1.29 is 18.8 Å². The van der Waals surface area contributed by atoms with Crippen LogP contribution in [0.3, 0.4) is 0 Å². The zero-order valence-corrected chi connectivity index (χ0v) is 15.1. The van der Waals surface area contributed by atoms with Crippen LogP contribution in [0.4, 0.5) is 4.79 Å². The summed E-state index contributed by atoms with van der Waals surface area (Å²) >= 11 is 0. The summed E-state index contributed by atoms with van der Waals surface area (Å²) in [5.74, 6) is 0.707. The Kier molecular flexibility index (Phi) is 4.11. The first kappa shape index (κ1) is 17.1. The maximum absolute atomic E-state index is 11.3. The molecule has 2 aromatic carbocycles. The summed E-state index contributed by atoms with van der Waals surface area (Å²) in [7, 11) is 0. The molecule has 6 heteroatoms. The molecule has 1 aromatic heterocycles. The molecule has 6 nitrogen and oxygen atoms in total. The third kappa shape index (κ3) is 3.26. The van der Waals surface area contributed by atoms with Crippen molar-refractivity contribution in [2.75, 3.05) is 6.61 Å². The lowest BCUT2D eigenvalue weighted by Crippen LogP contribution is -2.37. The Labute approximate surface area is 156 Å². The van der Waals surface area contributed by atoms with Crippen molar-refractivity contribution in [1.82, 2.24) is 5.16 Å². The van der Waals surface area contributed by atoms with E-state index in [9.17, 15) is 4.79 Å². The summed E-state index contributed by atoms with van der Waals surface area (Å²) in [5, 5.41) is 3.95. The van der Waals surface area contributed by atoms with Crippen molar-refractivity contribution in [3.05, 3.63) is 60.4 Å². The van der Waals surface area contributed by atoms with Gasteiger partial charge in [-0.3, -0.25) is 0 Å². The SMILES string of the molecule is CC1(C)COc2cc(-c3ccc(-c4ccon4)cc3)ccc2C1OC(N)=O. The number of amides is 1. The molecule has 1 amide bonds. The van der Waals surface area contributed by atoms with Crippen LogP contribution in [0.15, 0.2) is 59.3 Å². The van der Waals surface area contributed by atoms with Gasteiger partial charge in [0, 0.05) is 22.6 Å². The number of hydrogen-bond donors (Lipinski definition) is 1. The standard InChI is InChI=1S/C21H20N2O4/c1-21(2)12-25-18-11-15(7-8-16(18)19(21)27-20(22)24)13-3-5-14(6-4-13)17-9-10-26-23-17/h3-11,19H,12H2,1-2H3,(H2,22,24). The molecule has 0 bridgehead atoms. The lowest BCUT2D eigenvalue weighted by atomic mass is 9.80. The van der Waals surface area contributed by atoms with Crippen LogP contribution in [0.1, 0.15) is 25.5 Å². The fourth-order valence-corrected chi connectivity index (χ4v) is 3.35. The molecule has 27 heavy (non-hydrogen) atoms. The molecule has 0 spiro atoms. The molecule has 3 aromatic rings. The molecule has 0 fully saturated rings. The number of benzene rings is 2. The first-order valence-corrected chi connectivity index (χ1v) is 8.68. The predicted octanol–water partition coefficient (Wildman–Crippen LogP) is 4.56. The molecule has 1 atom stereocenters. The zero-order valence-electron chi connectivity index (χ0n) is 15.1. The first-order chi connectivity index (χ1) is 12.9. The van der Waals surface area contributed by atoms with Crippen LogP contribution in [0.25, 0.3) is 22.4 Å². The van der Waals surface area contributed by atoms with Gasteiger partial charge in [0.15, 0.2) is 0 Å². The van der Waals surface area contributed by atoms with Gasteiger partial charge in [-0.25, -0.2) is 4.79 Å². The highest BCUT2D eigenvalue weighted by atomic mass is 16.6. The van der Waals surface area contributed by atoms with Crippen LogP contribution in [0.5, 0.6) is 5.75 Å². The Hall–Kier alpha value is -3.28. The van der Waals surface area contributed by atoms with Gasteiger partial charge in [0.25, 0.3) is 0 Å². The van der Waals surface area contributed by atoms with E-state index in [1.807, 2.05) is 62.4 Å². The molecule has 138 valence electrons. The molecule has 0 aliphatic carbocycles. The minimum atomic E-state index is -0.784. The average molecular weight is 364 g/mol. The van der Waals surface area contributed by atoms with Gasteiger partial charge in [0.1, 0.15) is 23.8 Å². The van der Waals surface area contributed by atoms with Crippen LogP contribution in [-0.4, -0.2) is 17.9 Å². The van der Waals surface area contributed by atoms with Crippen LogP contribution in [0, 0.1) is 5.41 Å². The molecular weight excluding hydrogens is 344 g/mol. The van der Waals surface area contributed by atoms with Gasteiger partial charge in [0.05, 0.1) is 6.61 Å². The summed E-state index contributed by atoms with van der Waals surface area (Å²) in [6, 6.07) is 15.8. The van der Waals surface area contributed by atoms with E-state index >= 15 is 0 Å². The molecule has 2 N–H and O–H groups in total. The van der Waals surface area contributed by atoms with E-state index in [1.165, 1.54) is 0 Å². The Morgan fingerprint density at radius 3 is 2.48 bits per heavy atom. The number of ether oxygens (including phenoxy) is 2. The molecule has 0 radical (unpaired) electrons. The van der Waals surface area contributed by atoms with Crippen LogP contribution >= 0.6 is 0 Å². The third-order valence-electron chi connectivity index (χ3n) is 4.79. The van der Waals surface area contributed by atoms with Gasteiger partial charge in [-0.05, 0) is 17.2 Å². The van der Waals surface area contributed by atoms with E-state index in [1.54, 1.807) is 6.26 Å². The number of aromatic nitrogens is 1. The molecule has 0 saturated carbocycles. The fraction of sp³-hybridized carbons (Fsp3) is 0.238. The lowest BCUT2D eigenvalue weighted by Gasteiger charge is -2.38. The summed E-state index contributed by atoms with van der Waals surface area (Å²) in [6.07, 6.45) is 0.326. The van der Waals surface area contributed by atoms with Gasteiger partial charge in [-0.15, -0.1) is 0 Å². The highest BCUT2D eigenvalue weighted by Gasteiger charge is 2.40. The quantitative estimate of drug-likeness (QED) is 0.736. The van der Waals surface area contributed by atoms with E-state index in [2.05, 4.69) is 5.16 Å². The van der Waals surface area contributed by atoms with Gasteiger partial charge >= 0.3 is 6.09 Å². The number of carbonyl (C=O) groups excluding carboxylic acids is 1. The normalized spacial score (nSPS) is 17.6. The van der Waals surface area contributed by atoms with Gasteiger partial charge in [-0.1, -0.05) is 55.4 Å². The summed E-state index contributed by atoms with van der Waals surface area (Å²) in [4.78, 5) is 11.3. The number of primary amides is 1. The molecule has 1 aliphatic heterocycles. The van der Waals surface area contributed by atoms with Gasteiger partial charge in [0.2, 0.25) is 0 Å². The van der Waals surface area contributed by atoms with Crippen molar-refractivity contribution in [1.29, 1.82) is 0 Å². The third-order valence-corrected chi connectivity index (χ3v) is 4.79. The number of nitrogens with zero attached hydrogens (tertiary/aromatic N) is 1. The van der Waals surface area contributed by atoms with Crippen LogP contribution < -0.4 is 10.5 Å². The molecule has 1 aliphatic rings. The molecule has 4 rings (SSSR count). The van der Waals surface area contributed by atoms with E-state index in [-0.39, 0.29) is 5.41 Å². The predicted molar refractivity (Wildman–Crippen MR) is 100 cm³/mol. The summed E-state index contributed by atoms with van der Waals surface area (Å²) in [6.45, 7) is 4.41. The smallest absolute Gasteiger partial charge is 0.405 e. The van der Waals surface area contributed by atoms with Crippen LogP contribution in [-0.2, 0) is 4.74 Å². The van der Waals surface area contributed by atoms with Crippen LogP contribution in [0.2, 0.25) is 0 Å². The monoisotopic (exact) mass is 364 g/mol. The fourth-order valence-electron chi connectivity index (χ4n) is 3.35. The number of nitrogens with two attached hydrogens (primary N) is 1. The number of hydrogen-bond acceptors (Lipinski definition) is 5. The van der Waals surface area contributed by atoms with Crippen molar-refractivity contribution >= 4 is 6.09 Å². The Morgan fingerprint density at radius 1 is 1.11 bits per heavy atom. The molecule has 1 unspecified atom stereocenters. The van der Waals surface area contributed by atoms with Crippen molar-refractivity contribution in [2.45, 2.75) is 20.0 Å². The minimum absolute atomic E-state index is 0.358. The zero-order chi connectivity index (χ0) is 19.0. The topological polar surface area (TPSA) is 87.6 Å². The highest BCUT2D eigenvalue weighted by molar-refractivity contribution is 5.71. The second kappa shape index (κ2) is 6.46. The maximum atomic E-state index is 11.3. The summed E-state index contributed by atoms with van der Waals surface area (Å²) < 4.78 is 16.2. The molecule has 0 saturated heterocycles. The second-order valence-corrected chi connectivity index (χ2v) is 7.31. The number of rotatable bonds is 3. The van der Waals surface area contributed by atoms with Gasteiger partial charge < -0.3 is 19.7 Å². The molecule has 2 heterocycles. The Morgan fingerprint density at radius 2 is 1.81 bits per heavy atom. The lowest BCUT2D eigenvalue weighted by molar-refractivity contribution is -0.0176. The maximum Gasteiger partial charge on any atom is 0.405 e. The minimum Gasteiger partial charge on any atom is -0.492 e. The van der Waals surface area contributed by atoms with Crippen molar-refractivity contribution in [3.8, 4) is 28.1 Å². The van der Waals surface area contributed by atoms with E-state index in [4.69, 9.17) is 19.7 Å². The summed E-state index contributed by atoms with van der Waals surface area (Å²) in [5.41, 5.74) is 9.57. The number of fused-ring (bicyclic) bond motifs is 1. The van der Waals surface area contributed by atoms with Crippen molar-refractivity contribution in [3.63, 3.8) is 0 Å². The van der Waals surface area contributed by atoms with E-state index < -0.39 is 12.2 Å². The Balaban J connectivity index is 1.66. The first-order valence-electron chi connectivity index (χ1n) is 8.68. The number of carbonyl (C=O) groups is 1. The largest absolute Gasteiger partial charge is 0.492 e. The molecular formula is C21H20N2O4. The van der Waals surface area contributed by atoms with E-state index in [0.717, 1.165) is 27.9 Å². The van der Waals surface area contributed by atoms with Crippen molar-refractivity contribution in [2.24, 2.45) is 11.1 Å². The Bertz CT molecular complexity index is 962. The average Bonchev–Trinajstić information content (AvgIpc) is 3.18. The second-order valence-electron chi connectivity index (χ2n) is 7.31. The highest BCUT2D eigenvalue weighted by Crippen LogP contribution is 2.46. The van der Waals surface area contributed by atoms with Gasteiger partial charge in [-0.2, -0.15) is 0 Å².